The second-order valence-corrected chi connectivity index (χ2v) is 8.35. The van der Waals surface area contributed by atoms with Gasteiger partial charge in [0.15, 0.2) is 11.0 Å². The van der Waals surface area contributed by atoms with E-state index in [0.717, 1.165) is 23.9 Å². The molecule has 0 bridgehead atoms. The van der Waals surface area contributed by atoms with Crippen LogP contribution < -0.4 is 5.32 Å². The lowest BCUT2D eigenvalue weighted by Crippen LogP contribution is -2.49. The van der Waals surface area contributed by atoms with Gasteiger partial charge in [-0.15, -0.1) is 10.2 Å². The van der Waals surface area contributed by atoms with E-state index in [2.05, 4.69) is 21.6 Å². The van der Waals surface area contributed by atoms with Gasteiger partial charge in [-0.1, -0.05) is 55.9 Å². The van der Waals surface area contributed by atoms with Crippen LogP contribution in [0.15, 0.2) is 53.7 Å². The summed E-state index contributed by atoms with van der Waals surface area (Å²) in [5.41, 5.74) is -0.257. The van der Waals surface area contributed by atoms with Gasteiger partial charge in [0.1, 0.15) is 17.2 Å². The topological polar surface area (TPSA) is 83.6 Å². The van der Waals surface area contributed by atoms with E-state index in [0.29, 0.717) is 11.4 Å². The third-order valence-corrected chi connectivity index (χ3v) is 5.86. The molecule has 1 amide bonds. The number of nitrogens with one attached hydrogen (secondary N) is 1. The molecule has 1 atom stereocenters. The molecule has 31 heavy (non-hydrogen) atoms. The molecule has 1 unspecified atom stereocenters. The van der Waals surface area contributed by atoms with Crippen LogP contribution in [0.25, 0.3) is 17.1 Å². The Morgan fingerprint density at radius 1 is 1.23 bits per heavy atom. The highest BCUT2D eigenvalue weighted by Gasteiger charge is 2.30. The lowest BCUT2D eigenvalue weighted by molar-refractivity contribution is -0.120. The number of nitrogens with zero attached hydrogens (tertiary/aromatic N) is 4. The van der Waals surface area contributed by atoms with Crippen molar-refractivity contribution in [2.75, 3.05) is 5.75 Å². The van der Waals surface area contributed by atoms with Crippen LogP contribution in [-0.4, -0.2) is 32.0 Å². The maximum Gasteiger partial charge on any atom is 0.231 e. The molecular formula is C22H21F2N5OS. The first kappa shape index (κ1) is 22.4. The van der Waals surface area contributed by atoms with Gasteiger partial charge in [-0.3, -0.25) is 9.36 Å². The fourth-order valence-corrected chi connectivity index (χ4v) is 3.52. The van der Waals surface area contributed by atoms with E-state index in [9.17, 15) is 18.8 Å². The average Bonchev–Trinajstić information content (AvgIpc) is 3.16. The second-order valence-electron chi connectivity index (χ2n) is 7.41. The van der Waals surface area contributed by atoms with Gasteiger partial charge in [-0.05, 0) is 25.0 Å². The van der Waals surface area contributed by atoms with Crippen LogP contribution in [0, 0.1) is 28.9 Å². The van der Waals surface area contributed by atoms with Crippen molar-refractivity contribution in [1.82, 2.24) is 20.1 Å². The number of nitriles is 1. The number of rotatable bonds is 7. The summed E-state index contributed by atoms with van der Waals surface area (Å²) in [7, 11) is 0. The molecule has 0 aliphatic carbocycles. The zero-order valence-electron chi connectivity index (χ0n) is 17.3. The van der Waals surface area contributed by atoms with Gasteiger partial charge < -0.3 is 5.32 Å². The van der Waals surface area contributed by atoms with Crippen molar-refractivity contribution >= 4 is 17.7 Å². The standard InChI is InChI=1S/C22H21F2N5OS/c1-14(2)22(3,13-25)26-19(30)12-31-21-28-27-20(15-7-5-4-6-8-15)29(21)18-10-9-16(23)11-17(18)24/h4-11,14H,12H2,1-3H3,(H,26,30). The van der Waals surface area contributed by atoms with Crippen LogP contribution in [-0.2, 0) is 4.79 Å². The van der Waals surface area contributed by atoms with Crippen molar-refractivity contribution in [3.05, 3.63) is 60.2 Å². The van der Waals surface area contributed by atoms with E-state index in [1.165, 1.54) is 10.6 Å². The minimum atomic E-state index is -1.01. The average molecular weight is 442 g/mol. The molecule has 3 aromatic rings. The minimum absolute atomic E-state index is 0.0558. The Hall–Kier alpha value is -3.25. The summed E-state index contributed by atoms with van der Waals surface area (Å²) < 4.78 is 29.5. The molecule has 0 saturated carbocycles. The van der Waals surface area contributed by atoms with E-state index in [1.807, 2.05) is 32.0 Å². The van der Waals surface area contributed by atoms with Gasteiger partial charge in [0.2, 0.25) is 5.91 Å². The summed E-state index contributed by atoms with van der Waals surface area (Å²) in [6, 6.07) is 14.4. The van der Waals surface area contributed by atoms with Crippen LogP contribution in [0.1, 0.15) is 20.8 Å². The van der Waals surface area contributed by atoms with E-state index < -0.39 is 17.2 Å². The lowest BCUT2D eigenvalue weighted by atomic mass is 9.90. The number of thioether (sulfide) groups is 1. The SMILES string of the molecule is CC(C)C(C)(C#N)NC(=O)CSc1nnc(-c2ccccc2)n1-c1ccc(F)cc1F. The summed E-state index contributed by atoms with van der Waals surface area (Å²) >= 11 is 1.05. The summed E-state index contributed by atoms with van der Waals surface area (Å²) in [5.74, 6) is -1.63. The predicted molar refractivity (Wildman–Crippen MR) is 114 cm³/mol. The van der Waals surface area contributed by atoms with Crippen molar-refractivity contribution in [3.63, 3.8) is 0 Å². The number of halogens is 2. The summed E-state index contributed by atoms with van der Waals surface area (Å²) in [4.78, 5) is 12.5. The van der Waals surface area contributed by atoms with E-state index in [-0.39, 0.29) is 28.4 Å². The Balaban J connectivity index is 1.93. The molecule has 160 valence electrons. The highest BCUT2D eigenvalue weighted by Crippen LogP contribution is 2.29. The summed E-state index contributed by atoms with van der Waals surface area (Å²) in [6.07, 6.45) is 0. The molecule has 0 radical (unpaired) electrons. The molecular weight excluding hydrogens is 420 g/mol. The van der Waals surface area contributed by atoms with Gasteiger partial charge in [0.25, 0.3) is 0 Å². The quantitative estimate of drug-likeness (QED) is 0.551. The molecule has 6 nitrogen and oxygen atoms in total. The van der Waals surface area contributed by atoms with E-state index >= 15 is 0 Å². The van der Waals surface area contributed by atoms with E-state index in [4.69, 9.17) is 0 Å². The Bertz CT molecular complexity index is 1130. The van der Waals surface area contributed by atoms with Crippen LogP contribution in [0.2, 0.25) is 0 Å². The number of aromatic nitrogens is 3. The fraction of sp³-hybridized carbons (Fsp3) is 0.273. The van der Waals surface area contributed by atoms with Crippen LogP contribution in [0.5, 0.6) is 0 Å². The molecule has 0 aliphatic heterocycles. The normalized spacial score (nSPS) is 12.9. The Labute approximate surface area is 183 Å². The highest BCUT2D eigenvalue weighted by molar-refractivity contribution is 7.99. The monoisotopic (exact) mass is 441 g/mol. The van der Waals surface area contributed by atoms with Crippen molar-refractivity contribution < 1.29 is 13.6 Å². The number of benzene rings is 2. The smallest absolute Gasteiger partial charge is 0.231 e. The Morgan fingerprint density at radius 3 is 2.55 bits per heavy atom. The first-order chi connectivity index (χ1) is 14.7. The van der Waals surface area contributed by atoms with Crippen molar-refractivity contribution in [3.8, 4) is 23.1 Å². The first-order valence-corrected chi connectivity index (χ1v) is 10.5. The summed E-state index contributed by atoms with van der Waals surface area (Å²) in [6.45, 7) is 5.34. The van der Waals surface area contributed by atoms with Crippen LogP contribution in [0.3, 0.4) is 0 Å². The molecule has 0 spiro atoms. The molecule has 0 aliphatic rings. The minimum Gasteiger partial charge on any atom is -0.337 e. The number of hydrogen-bond acceptors (Lipinski definition) is 5. The molecule has 0 fully saturated rings. The Morgan fingerprint density at radius 2 is 1.94 bits per heavy atom. The molecule has 1 heterocycles. The number of amides is 1. The molecule has 1 aromatic heterocycles. The summed E-state index contributed by atoms with van der Waals surface area (Å²) in [5, 5.41) is 20.7. The van der Waals surface area contributed by atoms with E-state index in [1.54, 1.807) is 19.1 Å². The fourth-order valence-electron chi connectivity index (χ4n) is 2.77. The molecule has 0 saturated heterocycles. The largest absolute Gasteiger partial charge is 0.337 e. The third-order valence-electron chi connectivity index (χ3n) is 4.93. The van der Waals surface area contributed by atoms with Gasteiger partial charge in [0, 0.05) is 11.6 Å². The number of carbonyl (C=O) groups is 1. The van der Waals surface area contributed by atoms with Crippen LogP contribution >= 0.6 is 11.8 Å². The second kappa shape index (κ2) is 9.27. The maximum atomic E-state index is 14.6. The molecule has 2 aromatic carbocycles. The number of hydrogen-bond donors (Lipinski definition) is 1. The third kappa shape index (κ3) is 4.91. The van der Waals surface area contributed by atoms with Gasteiger partial charge in [0.05, 0.1) is 17.5 Å². The first-order valence-electron chi connectivity index (χ1n) is 9.56. The van der Waals surface area contributed by atoms with Gasteiger partial charge in [-0.2, -0.15) is 5.26 Å². The zero-order chi connectivity index (χ0) is 22.6. The molecule has 3 rings (SSSR count). The molecule has 1 N–H and O–H groups in total. The van der Waals surface area contributed by atoms with Gasteiger partial charge >= 0.3 is 0 Å². The predicted octanol–water partition coefficient (Wildman–Crippen LogP) is 4.36. The number of carbonyl (C=O) groups excluding carboxylic acids is 1. The maximum absolute atomic E-state index is 14.6. The Kier molecular flexibility index (Phi) is 6.71. The zero-order valence-corrected chi connectivity index (χ0v) is 18.1. The molecule has 9 heteroatoms. The van der Waals surface area contributed by atoms with Crippen molar-refractivity contribution in [1.29, 1.82) is 5.26 Å². The van der Waals surface area contributed by atoms with Crippen molar-refractivity contribution in [2.45, 2.75) is 31.5 Å². The van der Waals surface area contributed by atoms with Crippen molar-refractivity contribution in [2.24, 2.45) is 5.92 Å². The highest BCUT2D eigenvalue weighted by atomic mass is 32.2. The van der Waals surface area contributed by atoms with Gasteiger partial charge in [-0.25, -0.2) is 8.78 Å². The lowest BCUT2D eigenvalue weighted by Gasteiger charge is -2.27. The van der Waals surface area contributed by atoms with Crippen LogP contribution in [0.4, 0.5) is 8.78 Å².